The summed E-state index contributed by atoms with van der Waals surface area (Å²) in [5.41, 5.74) is 8.48. The Labute approximate surface area is 153 Å². The van der Waals surface area contributed by atoms with Crippen LogP contribution in [0.25, 0.3) is 5.70 Å². The maximum absolute atomic E-state index is 12.1. The summed E-state index contributed by atoms with van der Waals surface area (Å²) in [4.78, 5) is 25.3. The van der Waals surface area contributed by atoms with Crippen molar-refractivity contribution < 1.29 is 9.72 Å². The van der Waals surface area contributed by atoms with Gasteiger partial charge in [0.05, 0.1) is 25.4 Å². The molecule has 8 nitrogen and oxygen atoms in total. The van der Waals surface area contributed by atoms with Crippen molar-refractivity contribution in [1.29, 1.82) is 0 Å². The molecule has 0 saturated heterocycles. The number of nitrogens with one attached hydrogen (secondary N) is 4. The third-order valence-electron chi connectivity index (χ3n) is 3.38. The number of rotatable bonds is 4. The fraction of sp³-hybridized carbons (Fsp3) is 0.0714. The Morgan fingerprint density at radius 1 is 1.17 bits per heavy atom. The molecule has 3 rings (SSSR count). The van der Waals surface area contributed by atoms with Gasteiger partial charge < -0.3 is 21.2 Å². The number of nitro benzene ring substituents is 1. The first-order chi connectivity index (χ1) is 11.5. The summed E-state index contributed by atoms with van der Waals surface area (Å²) < 4.78 is 1.38. The molecule has 0 spiro atoms. The van der Waals surface area contributed by atoms with Crippen molar-refractivity contribution in [2.24, 2.45) is 0 Å². The predicted molar refractivity (Wildman–Crippen MR) is 96.4 cm³/mol. The van der Waals surface area contributed by atoms with E-state index in [4.69, 9.17) is 0 Å². The highest BCUT2D eigenvalue weighted by atomic mass is 79.9. The molecule has 1 aromatic carbocycles. The number of fused-ring (bicyclic) bond motifs is 1. The number of halogens is 2. The van der Waals surface area contributed by atoms with Crippen LogP contribution >= 0.6 is 31.9 Å². The van der Waals surface area contributed by atoms with E-state index in [1.165, 1.54) is 12.1 Å². The van der Waals surface area contributed by atoms with E-state index >= 15 is 0 Å². The summed E-state index contributed by atoms with van der Waals surface area (Å²) >= 11 is 6.80. The number of hydrogen-bond acceptors (Lipinski definition) is 5. The lowest BCUT2D eigenvalue weighted by atomic mass is 10.2. The van der Waals surface area contributed by atoms with Crippen LogP contribution in [0.3, 0.4) is 0 Å². The standard InChI is InChI=1S/C14H11Br2N5O3/c15-11-10-9(5-6-17-14(22)12(10)18-13(11)16)20-19-7-1-3-8(4-2-7)21(23)24/h1-5,18-20H,6H2,(H,17,22). The second-order valence-corrected chi connectivity index (χ2v) is 6.47. The molecule has 24 heavy (non-hydrogen) atoms. The van der Waals surface area contributed by atoms with Gasteiger partial charge in [-0.1, -0.05) is 0 Å². The number of H-pyrrole nitrogens is 1. The molecule has 1 aromatic heterocycles. The predicted octanol–water partition coefficient (Wildman–Crippen LogP) is 3.15. The molecule has 1 aliphatic rings. The number of nitro groups is 1. The Kier molecular flexibility index (Phi) is 4.58. The van der Waals surface area contributed by atoms with E-state index in [1.54, 1.807) is 12.1 Å². The summed E-state index contributed by atoms with van der Waals surface area (Å²) in [6, 6.07) is 6.00. The van der Waals surface area contributed by atoms with E-state index in [-0.39, 0.29) is 11.6 Å². The van der Waals surface area contributed by atoms with Gasteiger partial charge in [-0.2, -0.15) is 0 Å². The molecule has 0 unspecified atom stereocenters. The fourth-order valence-electron chi connectivity index (χ4n) is 2.23. The number of carbonyl (C=O) groups is 1. The van der Waals surface area contributed by atoms with Crippen LogP contribution in [0.4, 0.5) is 11.4 Å². The number of aromatic nitrogens is 1. The van der Waals surface area contributed by atoms with E-state index in [0.717, 1.165) is 4.47 Å². The van der Waals surface area contributed by atoms with Crippen LogP contribution in [0.5, 0.6) is 0 Å². The minimum Gasteiger partial charge on any atom is -0.347 e. The smallest absolute Gasteiger partial charge is 0.269 e. The van der Waals surface area contributed by atoms with E-state index in [1.807, 2.05) is 6.08 Å². The molecule has 0 radical (unpaired) electrons. The van der Waals surface area contributed by atoms with Crippen LogP contribution in [0.1, 0.15) is 16.1 Å². The van der Waals surface area contributed by atoms with Gasteiger partial charge in [0.2, 0.25) is 0 Å². The number of hydrazine groups is 1. The summed E-state index contributed by atoms with van der Waals surface area (Å²) in [5.74, 6) is -0.209. The second-order valence-electron chi connectivity index (χ2n) is 4.88. The molecular formula is C14H11Br2N5O3. The molecular weight excluding hydrogens is 446 g/mol. The first-order valence-electron chi connectivity index (χ1n) is 6.79. The molecule has 0 aliphatic carbocycles. The Bertz CT molecular complexity index is 845. The van der Waals surface area contributed by atoms with E-state index in [2.05, 4.69) is 53.0 Å². The van der Waals surface area contributed by atoms with Gasteiger partial charge >= 0.3 is 0 Å². The molecule has 2 heterocycles. The summed E-state index contributed by atoms with van der Waals surface area (Å²) in [6.07, 6.45) is 1.83. The van der Waals surface area contributed by atoms with Crippen LogP contribution in [-0.2, 0) is 0 Å². The molecule has 0 bridgehead atoms. The molecule has 2 aromatic rings. The van der Waals surface area contributed by atoms with Crippen LogP contribution in [0.2, 0.25) is 0 Å². The highest BCUT2D eigenvalue weighted by molar-refractivity contribution is 9.13. The topological polar surface area (TPSA) is 112 Å². The SMILES string of the molecule is O=C1NCC=C(NNc2ccc([N+](=O)[O-])cc2)c2c1[nH]c(Br)c2Br. The number of benzene rings is 1. The number of anilines is 1. The lowest BCUT2D eigenvalue weighted by Crippen LogP contribution is -2.22. The average molecular weight is 457 g/mol. The van der Waals surface area contributed by atoms with Crippen LogP contribution < -0.4 is 16.2 Å². The third-order valence-corrected chi connectivity index (χ3v) is 5.30. The van der Waals surface area contributed by atoms with E-state index < -0.39 is 4.92 Å². The Hall–Kier alpha value is -2.33. The van der Waals surface area contributed by atoms with Crippen molar-refractivity contribution in [3.63, 3.8) is 0 Å². The maximum Gasteiger partial charge on any atom is 0.269 e. The van der Waals surface area contributed by atoms with Crippen molar-refractivity contribution in [3.8, 4) is 0 Å². The van der Waals surface area contributed by atoms with Gasteiger partial charge in [-0.15, -0.1) is 0 Å². The molecule has 10 heteroatoms. The lowest BCUT2D eigenvalue weighted by molar-refractivity contribution is -0.384. The van der Waals surface area contributed by atoms with E-state index in [0.29, 0.717) is 33.8 Å². The normalized spacial score (nSPS) is 13.4. The molecule has 1 amide bonds. The van der Waals surface area contributed by atoms with Gasteiger partial charge in [0, 0.05) is 24.2 Å². The number of amides is 1. The quantitative estimate of drug-likeness (QED) is 0.417. The maximum atomic E-state index is 12.1. The molecule has 0 atom stereocenters. The van der Waals surface area contributed by atoms with Crippen molar-refractivity contribution in [3.05, 3.63) is 60.8 Å². The molecule has 0 saturated carbocycles. The van der Waals surface area contributed by atoms with Crippen LogP contribution in [0, 0.1) is 10.1 Å². The lowest BCUT2D eigenvalue weighted by Gasteiger charge is -2.13. The van der Waals surface area contributed by atoms with Gasteiger partial charge in [-0.3, -0.25) is 14.9 Å². The van der Waals surface area contributed by atoms with Crippen molar-refractivity contribution >= 4 is 54.8 Å². The highest BCUT2D eigenvalue weighted by Gasteiger charge is 2.24. The third kappa shape index (κ3) is 3.15. The van der Waals surface area contributed by atoms with Gasteiger partial charge in [0.25, 0.3) is 11.6 Å². The second kappa shape index (κ2) is 6.65. The molecule has 124 valence electrons. The molecule has 0 fully saturated rings. The first kappa shape index (κ1) is 16.5. The average Bonchev–Trinajstić information content (AvgIpc) is 2.77. The van der Waals surface area contributed by atoms with Gasteiger partial charge in [0.1, 0.15) is 5.69 Å². The molecule has 4 N–H and O–H groups in total. The Morgan fingerprint density at radius 2 is 1.88 bits per heavy atom. The first-order valence-corrected chi connectivity index (χ1v) is 8.38. The minimum atomic E-state index is -0.455. The van der Waals surface area contributed by atoms with Crippen LogP contribution in [0.15, 0.2) is 39.4 Å². The molecule has 1 aliphatic heterocycles. The number of hydrogen-bond donors (Lipinski definition) is 4. The number of non-ortho nitro benzene ring substituents is 1. The van der Waals surface area contributed by atoms with E-state index in [9.17, 15) is 14.9 Å². The van der Waals surface area contributed by atoms with Crippen molar-refractivity contribution in [2.45, 2.75) is 0 Å². The largest absolute Gasteiger partial charge is 0.347 e. The number of carbonyl (C=O) groups excluding carboxylic acids is 1. The Balaban J connectivity index is 1.82. The Morgan fingerprint density at radius 3 is 2.54 bits per heavy atom. The minimum absolute atomic E-state index is 0.0172. The summed E-state index contributed by atoms with van der Waals surface area (Å²) in [5, 5.41) is 13.4. The monoisotopic (exact) mass is 455 g/mol. The van der Waals surface area contributed by atoms with Gasteiger partial charge in [-0.05, 0) is 50.1 Å². The van der Waals surface area contributed by atoms with Crippen LogP contribution in [-0.4, -0.2) is 22.4 Å². The van der Waals surface area contributed by atoms with Gasteiger partial charge in [0.15, 0.2) is 0 Å². The zero-order chi connectivity index (χ0) is 17.3. The van der Waals surface area contributed by atoms with Gasteiger partial charge in [-0.25, -0.2) is 0 Å². The van der Waals surface area contributed by atoms with Crippen molar-refractivity contribution in [2.75, 3.05) is 12.0 Å². The van der Waals surface area contributed by atoms with Crippen molar-refractivity contribution in [1.82, 2.24) is 15.7 Å². The number of aromatic amines is 1. The zero-order valence-electron chi connectivity index (χ0n) is 12.0. The summed E-state index contributed by atoms with van der Waals surface area (Å²) in [6.45, 7) is 0.371. The fourth-order valence-corrected chi connectivity index (χ4v) is 3.13. The number of nitrogens with zero attached hydrogens (tertiary/aromatic N) is 1. The highest BCUT2D eigenvalue weighted by Crippen LogP contribution is 2.34. The zero-order valence-corrected chi connectivity index (χ0v) is 15.2. The summed E-state index contributed by atoms with van der Waals surface area (Å²) in [7, 11) is 0.